The van der Waals surface area contributed by atoms with Crippen LogP contribution in [0.3, 0.4) is 0 Å². The highest BCUT2D eigenvalue weighted by Crippen LogP contribution is 2.39. The average Bonchev–Trinajstić information content (AvgIpc) is 2.97. The summed E-state index contributed by atoms with van der Waals surface area (Å²) in [4.78, 5) is 32.1. The van der Waals surface area contributed by atoms with E-state index in [-0.39, 0.29) is 5.57 Å². The fourth-order valence-corrected chi connectivity index (χ4v) is 3.26. The molecule has 0 aliphatic carbocycles. The number of hydrogen-bond acceptors (Lipinski definition) is 5. The molecule has 2 aromatic rings. The van der Waals surface area contributed by atoms with E-state index in [2.05, 4.69) is 4.98 Å². The van der Waals surface area contributed by atoms with Crippen LogP contribution in [-0.2, 0) is 9.59 Å². The maximum atomic E-state index is 13.1. The molecule has 7 nitrogen and oxygen atoms in total. The lowest BCUT2D eigenvalue weighted by Crippen LogP contribution is -3.06. The number of rotatable bonds is 6. The summed E-state index contributed by atoms with van der Waals surface area (Å²) in [6.45, 7) is 1.01. The Hall–Kier alpha value is -3.19. The third kappa shape index (κ3) is 3.75. The molecule has 3 rings (SSSR count). The predicted octanol–water partition coefficient (Wildman–Crippen LogP) is -0.541. The van der Waals surface area contributed by atoms with Crippen molar-refractivity contribution in [2.75, 3.05) is 34.3 Å². The first kappa shape index (κ1) is 19.6. The zero-order valence-corrected chi connectivity index (χ0v) is 16.1. The summed E-state index contributed by atoms with van der Waals surface area (Å²) >= 11 is 0. The van der Waals surface area contributed by atoms with Gasteiger partial charge in [-0.2, -0.15) is 0 Å². The summed E-state index contributed by atoms with van der Waals surface area (Å²) < 4.78 is 5.29. The fraction of sp³-hybridized carbons (Fsp3) is 0.286. The highest BCUT2D eigenvalue weighted by molar-refractivity contribution is 6.46. The highest BCUT2D eigenvalue weighted by atomic mass is 16.5. The maximum Gasteiger partial charge on any atom is 0.295 e. The topological polar surface area (TPSA) is 87.0 Å². The minimum Gasteiger partial charge on any atom is -0.872 e. The lowest BCUT2D eigenvalue weighted by molar-refractivity contribution is -0.857. The number of likely N-dealkylation sites (tertiary alicyclic amines) is 1. The van der Waals surface area contributed by atoms with Gasteiger partial charge in [0.25, 0.3) is 5.91 Å². The molecule has 1 aromatic carbocycles. The van der Waals surface area contributed by atoms with Crippen LogP contribution in [0.1, 0.15) is 17.2 Å². The number of nitrogens with one attached hydrogen (secondary N) is 1. The Kier molecular flexibility index (Phi) is 5.75. The van der Waals surface area contributed by atoms with Crippen molar-refractivity contribution in [1.82, 2.24) is 9.88 Å². The zero-order valence-electron chi connectivity index (χ0n) is 16.1. The number of ketones is 1. The Labute approximate surface area is 163 Å². The summed E-state index contributed by atoms with van der Waals surface area (Å²) in [5.74, 6) is -1.25. The van der Waals surface area contributed by atoms with E-state index >= 15 is 0 Å². The second kappa shape index (κ2) is 8.22. The van der Waals surface area contributed by atoms with E-state index in [1.165, 1.54) is 17.3 Å². The minimum absolute atomic E-state index is 0.0294. The third-order valence-corrected chi connectivity index (χ3v) is 4.73. The summed E-state index contributed by atoms with van der Waals surface area (Å²) in [5, 5.41) is 13.1. The molecular formula is C21H23N3O4. The van der Waals surface area contributed by atoms with Gasteiger partial charge in [-0.15, -0.1) is 0 Å². The Bertz CT molecular complexity index is 909. The quantitative estimate of drug-likeness (QED) is 0.413. The SMILES string of the molecule is COc1cccc(C2C(=C([O-])c3ccncc3)C(=O)C(=O)N2CC[NH+](C)C)c1. The smallest absolute Gasteiger partial charge is 0.295 e. The van der Waals surface area contributed by atoms with Crippen molar-refractivity contribution in [2.45, 2.75) is 6.04 Å². The molecule has 7 heteroatoms. The van der Waals surface area contributed by atoms with Crippen molar-refractivity contribution in [3.8, 4) is 5.75 Å². The number of carbonyl (C=O) groups excluding carboxylic acids is 2. The molecule has 1 aliphatic heterocycles. The van der Waals surface area contributed by atoms with Crippen LogP contribution in [0.2, 0.25) is 0 Å². The normalized spacial score (nSPS) is 18.7. The lowest BCUT2D eigenvalue weighted by atomic mass is 9.95. The van der Waals surface area contributed by atoms with Crippen molar-refractivity contribution in [3.63, 3.8) is 0 Å². The van der Waals surface area contributed by atoms with Gasteiger partial charge in [0.05, 0.1) is 40.3 Å². The third-order valence-electron chi connectivity index (χ3n) is 4.73. The number of benzene rings is 1. The fourth-order valence-electron chi connectivity index (χ4n) is 3.26. The van der Waals surface area contributed by atoms with Gasteiger partial charge < -0.3 is 19.6 Å². The standard InChI is InChI=1S/C21H23N3O4/c1-23(2)11-12-24-18(15-5-4-6-16(13-15)28-3)17(20(26)21(24)27)19(25)14-7-9-22-10-8-14/h4-10,13,18,25H,11-12H2,1-3H3. The van der Waals surface area contributed by atoms with Gasteiger partial charge in [0.2, 0.25) is 5.78 Å². The lowest BCUT2D eigenvalue weighted by Gasteiger charge is -2.27. The van der Waals surface area contributed by atoms with Crippen molar-refractivity contribution in [3.05, 3.63) is 65.5 Å². The first-order chi connectivity index (χ1) is 13.4. The highest BCUT2D eigenvalue weighted by Gasteiger charge is 2.44. The van der Waals surface area contributed by atoms with Crippen molar-refractivity contribution >= 4 is 17.4 Å². The molecular weight excluding hydrogens is 358 g/mol. The summed E-state index contributed by atoms with van der Waals surface area (Å²) in [5.41, 5.74) is 0.974. The molecule has 2 heterocycles. The summed E-state index contributed by atoms with van der Waals surface area (Å²) in [6.07, 6.45) is 2.98. The monoisotopic (exact) mass is 381 g/mol. The number of likely N-dealkylation sites (N-methyl/N-ethyl adjacent to an activating group) is 1. The van der Waals surface area contributed by atoms with Crippen molar-refractivity contribution in [2.24, 2.45) is 0 Å². The molecule has 0 spiro atoms. The number of pyridine rings is 1. The molecule has 1 aliphatic rings. The van der Waals surface area contributed by atoms with Gasteiger partial charge in [0, 0.05) is 18.0 Å². The summed E-state index contributed by atoms with van der Waals surface area (Å²) in [6, 6.07) is 9.46. The van der Waals surface area contributed by atoms with E-state index in [4.69, 9.17) is 4.74 Å². The average molecular weight is 381 g/mol. The Morgan fingerprint density at radius 1 is 1.21 bits per heavy atom. The number of quaternary nitrogens is 1. The molecule has 0 saturated carbocycles. The van der Waals surface area contributed by atoms with E-state index in [0.29, 0.717) is 30.0 Å². The Morgan fingerprint density at radius 3 is 2.57 bits per heavy atom. The van der Waals surface area contributed by atoms with Gasteiger partial charge in [-0.25, -0.2) is 0 Å². The van der Waals surface area contributed by atoms with Crippen LogP contribution in [0.4, 0.5) is 0 Å². The van der Waals surface area contributed by atoms with E-state index in [1.807, 2.05) is 14.1 Å². The number of methoxy groups -OCH3 is 1. The van der Waals surface area contributed by atoms with Crippen molar-refractivity contribution < 1.29 is 24.3 Å². The number of amides is 1. The first-order valence-electron chi connectivity index (χ1n) is 9.04. The number of carbonyl (C=O) groups is 2. The van der Waals surface area contributed by atoms with Gasteiger partial charge in [-0.3, -0.25) is 14.6 Å². The second-order valence-electron chi connectivity index (χ2n) is 6.94. The van der Waals surface area contributed by atoms with Crippen LogP contribution in [0.15, 0.2) is 54.4 Å². The van der Waals surface area contributed by atoms with E-state index < -0.39 is 23.5 Å². The first-order valence-corrected chi connectivity index (χ1v) is 9.04. The number of Topliss-reactive ketones (excluding diaryl/α,β-unsaturated/α-hetero) is 1. The number of ether oxygens (including phenoxy) is 1. The van der Waals surface area contributed by atoms with Crippen LogP contribution < -0.4 is 14.7 Å². The number of nitrogens with zero attached hydrogens (tertiary/aromatic N) is 2. The maximum absolute atomic E-state index is 13.1. The molecule has 146 valence electrons. The van der Waals surface area contributed by atoms with Gasteiger partial charge in [0.1, 0.15) is 5.75 Å². The Balaban J connectivity index is 2.15. The van der Waals surface area contributed by atoms with E-state index in [9.17, 15) is 14.7 Å². The number of hydrogen-bond donors (Lipinski definition) is 1. The summed E-state index contributed by atoms with van der Waals surface area (Å²) in [7, 11) is 5.48. The van der Waals surface area contributed by atoms with Crippen LogP contribution >= 0.6 is 0 Å². The van der Waals surface area contributed by atoms with E-state index in [0.717, 1.165) is 4.90 Å². The molecule has 1 unspecified atom stereocenters. The van der Waals surface area contributed by atoms with Crippen LogP contribution in [0.25, 0.3) is 5.76 Å². The molecule has 0 bridgehead atoms. The van der Waals surface area contributed by atoms with Crippen LogP contribution in [-0.4, -0.2) is 55.9 Å². The Morgan fingerprint density at radius 2 is 1.93 bits per heavy atom. The zero-order chi connectivity index (χ0) is 20.3. The predicted molar refractivity (Wildman–Crippen MR) is 101 cm³/mol. The van der Waals surface area contributed by atoms with Gasteiger partial charge >= 0.3 is 0 Å². The molecule has 1 atom stereocenters. The van der Waals surface area contributed by atoms with Gasteiger partial charge in [-0.05, 0) is 35.4 Å². The van der Waals surface area contributed by atoms with Gasteiger partial charge in [-0.1, -0.05) is 17.9 Å². The van der Waals surface area contributed by atoms with Crippen LogP contribution in [0, 0.1) is 0 Å². The van der Waals surface area contributed by atoms with E-state index in [1.54, 1.807) is 43.5 Å². The minimum atomic E-state index is -0.747. The molecule has 28 heavy (non-hydrogen) atoms. The molecule has 1 aromatic heterocycles. The molecule has 1 saturated heterocycles. The van der Waals surface area contributed by atoms with Crippen LogP contribution in [0.5, 0.6) is 5.75 Å². The molecule has 1 amide bonds. The second-order valence-corrected chi connectivity index (χ2v) is 6.94. The molecule has 1 fully saturated rings. The van der Waals surface area contributed by atoms with Crippen molar-refractivity contribution in [1.29, 1.82) is 0 Å². The molecule has 0 radical (unpaired) electrons. The molecule has 1 N–H and O–H groups in total. The largest absolute Gasteiger partial charge is 0.872 e. The van der Waals surface area contributed by atoms with Gasteiger partial charge in [0.15, 0.2) is 0 Å². The number of aromatic nitrogens is 1.